The first-order valence-electron chi connectivity index (χ1n) is 8.92. The highest BCUT2D eigenvalue weighted by Crippen LogP contribution is 2.28. The molecule has 1 aromatic heterocycles. The highest BCUT2D eigenvalue weighted by atomic mass is 32.2. The molecule has 1 amide bonds. The summed E-state index contributed by atoms with van der Waals surface area (Å²) in [6.45, 7) is 4.06. The van der Waals surface area contributed by atoms with Gasteiger partial charge in [0.15, 0.2) is 0 Å². The van der Waals surface area contributed by atoms with E-state index in [-0.39, 0.29) is 23.3 Å². The third-order valence-electron chi connectivity index (χ3n) is 4.65. The van der Waals surface area contributed by atoms with Gasteiger partial charge in [-0.15, -0.1) is 11.8 Å². The maximum absolute atomic E-state index is 13.8. The molecule has 1 heterocycles. The molecule has 4 nitrogen and oxygen atoms in total. The van der Waals surface area contributed by atoms with E-state index in [1.54, 1.807) is 30.3 Å². The molecule has 148 valence electrons. The van der Waals surface area contributed by atoms with Crippen LogP contribution in [0.15, 0.2) is 53.4 Å². The second-order valence-electron chi connectivity index (χ2n) is 6.53. The number of hydrogen-bond donors (Lipinski definition) is 1. The average molecular weight is 411 g/mol. The number of nitriles is 1. The standard InChI is InChI=1S/C22H19F2N3OS/c1-14-15(2)27(12-16-7-9-17(23)10-8-16)22(18(14)11-25)26-21(28)13-29-20-6-4-3-5-19(20)24/h3-10H,12-13H2,1-2H3,(H,26,28). The summed E-state index contributed by atoms with van der Waals surface area (Å²) in [6.07, 6.45) is 0. The topological polar surface area (TPSA) is 57.8 Å². The van der Waals surface area contributed by atoms with Gasteiger partial charge in [0.1, 0.15) is 23.5 Å². The molecule has 0 radical (unpaired) electrons. The average Bonchev–Trinajstić information content (AvgIpc) is 2.93. The van der Waals surface area contributed by atoms with Gasteiger partial charge in [0.25, 0.3) is 0 Å². The zero-order chi connectivity index (χ0) is 21.0. The summed E-state index contributed by atoms with van der Waals surface area (Å²) in [4.78, 5) is 12.9. The van der Waals surface area contributed by atoms with Crippen LogP contribution in [0.4, 0.5) is 14.6 Å². The van der Waals surface area contributed by atoms with Crippen molar-refractivity contribution in [2.24, 2.45) is 0 Å². The summed E-state index contributed by atoms with van der Waals surface area (Å²) in [5, 5.41) is 12.4. The molecule has 0 bridgehead atoms. The maximum atomic E-state index is 13.8. The van der Waals surface area contributed by atoms with E-state index in [1.165, 1.54) is 18.2 Å². The first-order valence-corrected chi connectivity index (χ1v) is 9.90. The van der Waals surface area contributed by atoms with E-state index >= 15 is 0 Å². The predicted molar refractivity (Wildman–Crippen MR) is 110 cm³/mol. The zero-order valence-corrected chi connectivity index (χ0v) is 16.8. The molecule has 3 rings (SSSR count). The predicted octanol–water partition coefficient (Wildman–Crippen LogP) is 5.03. The SMILES string of the molecule is Cc1c(C#N)c(NC(=O)CSc2ccccc2F)n(Cc2ccc(F)cc2)c1C. The van der Waals surface area contributed by atoms with Crippen molar-refractivity contribution in [2.75, 3.05) is 11.1 Å². The van der Waals surface area contributed by atoms with Crippen molar-refractivity contribution < 1.29 is 13.6 Å². The number of carbonyl (C=O) groups is 1. The zero-order valence-electron chi connectivity index (χ0n) is 16.0. The Morgan fingerprint density at radius 3 is 2.48 bits per heavy atom. The molecule has 0 spiro atoms. The highest BCUT2D eigenvalue weighted by molar-refractivity contribution is 8.00. The third-order valence-corrected chi connectivity index (χ3v) is 5.70. The van der Waals surface area contributed by atoms with Crippen LogP contribution >= 0.6 is 11.8 Å². The van der Waals surface area contributed by atoms with Gasteiger partial charge < -0.3 is 9.88 Å². The van der Waals surface area contributed by atoms with E-state index in [2.05, 4.69) is 11.4 Å². The fourth-order valence-corrected chi connectivity index (χ4v) is 3.71. The number of aromatic nitrogens is 1. The number of rotatable bonds is 6. The smallest absolute Gasteiger partial charge is 0.235 e. The Morgan fingerprint density at radius 1 is 1.14 bits per heavy atom. The maximum Gasteiger partial charge on any atom is 0.235 e. The lowest BCUT2D eigenvalue weighted by atomic mass is 10.2. The Labute approximate surface area is 172 Å². The van der Waals surface area contributed by atoms with Gasteiger partial charge >= 0.3 is 0 Å². The van der Waals surface area contributed by atoms with Crippen LogP contribution in [0.1, 0.15) is 22.4 Å². The van der Waals surface area contributed by atoms with Crippen molar-refractivity contribution in [1.29, 1.82) is 5.26 Å². The molecule has 0 aliphatic heterocycles. The Hall–Kier alpha value is -3.11. The minimum Gasteiger partial charge on any atom is -0.326 e. The number of nitrogens with one attached hydrogen (secondary N) is 1. The number of amides is 1. The minimum atomic E-state index is -0.380. The summed E-state index contributed by atoms with van der Waals surface area (Å²) < 4.78 is 28.8. The van der Waals surface area contributed by atoms with Gasteiger partial charge in [0, 0.05) is 17.1 Å². The molecule has 0 saturated carbocycles. The molecular formula is C22H19F2N3OS. The molecule has 0 aliphatic rings. The minimum absolute atomic E-state index is 0.00558. The molecule has 29 heavy (non-hydrogen) atoms. The molecular weight excluding hydrogens is 392 g/mol. The summed E-state index contributed by atoms with van der Waals surface area (Å²) >= 11 is 1.09. The summed E-state index contributed by atoms with van der Waals surface area (Å²) in [5.41, 5.74) is 2.83. The Morgan fingerprint density at radius 2 is 1.83 bits per heavy atom. The molecule has 0 atom stereocenters. The van der Waals surface area contributed by atoms with Crippen molar-refractivity contribution in [3.8, 4) is 6.07 Å². The van der Waals surface area contributed by atoms with Gasteiger partial charge in [-0.1, -0.05) is 24.3 Å². The molecule has 7 heteroatoms. The van der Waals surface area contributed by atoms with Crippen molar-refractivity contribution in [3.05, 3.63) is 82.5 Å². The van der Waals surface area contributed by atoms with E-state index in [9.17, 15) is 18.8 Å². The number of carbonyl (C=O) groups excluding carboxylic acids is 1. The molecule has 0 aliphatic carbocycles. The van der Waals surface area contributed by atoms with Crippen molar-refractivity contribution >= 4 is 23.5 Å². The summed E-state index contributed by atoms with van der Waals surface area (Å²) in [6, 6.07) is 14.5. The number of nitrogens with zero attached hydrogens (tertiary/aromatic N) is 2. The molecule has 2 aromatic carbocycles. The first-order chi connectivity index (χ1) is 13.9. The van der Waals surface area contributed by atoms with E-state index in [1.807, 2.05) is 18.4 Å². The first kappa shape index (κ1) is 20.6. The molecule has 0 unspecified atom stereocenters. The van der Waals surface area contributed by atoms with E-state index in [0.717, 1.165) is 28.6 Å². The second-order valence-corrected chi connectivity index (χ2v) is 7.54. The Balaban J connectivity index is 1.82. The number of halogens is 2. The number of benzene rings is 2. The fourth-order valence-electron chi connectivity index (χ4n) is 2.97. The normalized spacial score (nSPS) is 10.6. The lowest BCUT2D eigenvalue weighted by Crippen LogP contribution is -2.18. The summed E-state index contributed by atoms with van der Waals surface area (Å²) in [5.74, 6) is -0.649. The van der Waals surface area contributed by atoms with Gasteiger partial charge in [-0.2, -0.15) is 5.26 Å². The van der Waals surface area contributed by atoms with Crippen molar-refractivity contribution in [2.45, 2.75) is 25.3 Å². The quantitative estimate of drug-likeness (QED) is 0.579. The Bertz CT molecular complexity index is 1080. The van der Waals surface area contributed by atoms with Crippen LogP contribution < -0.4 is 5.32 Å². The monoisotopic (exact) mass is 411 g/mol. The van der Waals surface area contributed by atoms with Crippen LogP contribution in [-0.2, 0) is 11.3 Å². The molecule has 0 saturated heterocycles. The fraction of sp³-hybridized carbons (Fsp3) is 0.182. The lowest BCUT2D eigenvalue weighted by molar-refractivity contribution is -0.113. The summed E-state index contributed by atoms with van der Waals surface area (Å²) in [7, 11) is 0. The third kappa shape index (κ3) is 4.66. The van der Waals surface area contributed by atoms with E-state index in [0.29, 0.717) is 22.8 Å². The van der Waals surface area contributed by atoms with E-state index in [4.69, 9.17) is 0 Å². The van der Waals surface area contributed by atoms with Crippen molar-refractivity contribution in [3.63, 3.8) is 0 Å². The van der Waals surface area contributed by atoms with Crippen LogP contribution in [-0.4, -0.2) is 16.2 Å². The molecule has 0 fully saturated rings. The largest absolute Gasteiger partial charge is 0.326 e. The van der Waals surface area contributed by atoms with E-state index < -0.39 is 0 Å². The Kier molecular flexibility index (Phi) is 6.35. The van der Waals surface area contributed by atoms with Crippen LogP contribution in [0.25, 0.3) is 0 Å². The van der Waals surface area contributed by atoms with Gasteiger partial charge in [-0.3, -0.25) is 4.79 Å². The van der Waals surface area contributed by atoms with Gasteiger partial charge in [0.05, 0.1) is 11.3 Å². The van der Waals surface area contributed by atoms with Gasteiger partial charge in [-0.05, 0) is 49.2 Å². The van der Waals surface area contributed by atoms with Crippen LogP contribution in [0.5, 0.6) is 0 Å². The van der Waals surface area contributed by atoms with Crippen LogP contribution in [0.3, 0.4) is 0 Å². The second kappa shape index (κ2) is 8.93. The number of anilines is 1. The van der Waals surface area contributed by atoms with Crippen LogP contribution in [0, 0.1) is 36.8 Å². The van der Waals surface area contributed by atoms with Gasteiger partial charge in [0.2, 0.25) is 5.91 Å². The number of thioether (sulfide) groups is 1. The highest BCUT2D eigenvalue weighted by Gasteiger charge is 2.20. The molecule has 1 N–H and O–H groups in total. The number of hydrogen-bond acceptors (Lipinski definition) is 3. The van der Waals surface area contributed by atoms with Crippen molar-refractivity contribution in [1.82, 2.24) is 4.57 Å². The van der Waals surface area contributed by atoms with Crippen LogP contribution in [0.2, 0.25) is 0 Å². The molecule has 3 aromatic rings. The van der Waals surface area contributed by atoms with Gasteiger partial charge in [-0.25, -0.2) is 8.78 Å². The lowest BCUT2D eigenvalue weighted by Gasteiger charge is -2.13.